The minimum absolute atomic E-state index is 0.499. The minimum Gasteiger partial charge on any atom is -0.348 e. The summed E-state index contributed by atoms with van der Waals surface area (Å²) < 4.78 is 0. The number of rotatable bonds is 4. The fourth-order valence-corrected chi connectivity index (χ4v) is 6.35. The first kappa shape index (κ1) is 22.0. The number of piperidine rings is 1. The summed E-state index contributed by atoms with van der Waals surface area (Å²) in [5, 5.41) is 0. The summed E-state index contributed by atoms with van der Waals surface area (Å²) in [5.41, 5.74) is 0. The molecule has 4 fully saturated rings. The molecule has 3 heterocycles. The van der Waals surface area contributed by atoms with E-state index < -0.39 is 0 Å². The maximum absolute atomic E-state index is 5.15. The maximum Gasteiger partial charge on any atom is 0.130 e. The Morgan fingerprint density at radius 1 is 0.900 bits per heavy atom. The molecule has 30 heavy (non-hydrogen) atoms. The normalized spacial score (nSPS) is 31.0. The quantitative estimate of drug-likeness (QED) is 0.512. The number of hydrogen-bond donors (Lipinski definition) is 0. The van der Waals surface area contributed by atoms with Crippen molar-refractivity contribution < 1.29 is 0 Å². The van der Waals surface area contributed by atoms with E-state index in [-0.39, 0.29) is 0 Å². The lowest BCUT2D eigenvalue weighted by atomic mass is 9.89. The molecular formula is C25H43N5. The topological polar surface area (TPSA) is 34.4 Å². The molecule has 1 saturated carbocycles. The first-order valence-corrected chi connectivity index (χ1v) is 12.5. The highest BCUT2D eigenvalue weighted by atomic mass is 15.4. The Bertz CT molecular complexity index is 626. The van der Waals surface area contributed by atoms with Gasteiger partial charge in [0.25, 0.3) is 0 Å². The van der Waals surface area contributed by atoms with Gasteiger partial charge in [0.05, 0.1) is 0 Å². The molecule has 2 unspecified atom stereocenters. The average molecular weight is 414 g/mol. The van der Waals surface area contributed by atoms with E-state index in [4.69, 9.17) is 4.99 Å². The van der Waals surface area contributed by atoms with Crippen molar-refractivity contribution in [1.82, 2.24) is 14.7 Å². The van der Waals surface area contributed by atoms with Gasteiger partial charge in [0.1, 0.15) is 11.7 Å². The number of aliphatic imine (C=N–C) groups is 2. The van der Waals surface area contributed by atoms with Crippen LogP contribution < -0.4 is 0 Å². The highest BCUT2D eigenvalue weighted by Gasteiger charge is 2.41. The maximum atomic E-state index is 5.15. The molecule has 0 spiro atoms. The van der Waals surface area contributed by atoms with Crippen LogP contribution in [0, 0.1) is 5.92 Å². The fourth-order valence-electron chi connectivity index (χ4n) is 6.35. The van der Waals surface area contributed by atoms with Crippen LogP contribution in [0.25, 0.3) is 0 Å². The second-order valence-corrected chi connectivity index (χ2v) is 10.2. The molecule has 0 N–H and O–H groups in total. The number of nitrogens with zero attached hydrogens (tertiary/aromatic N) is 5. The van der Waals surface area contributed by atoms with Gasteiger partial charge in [0.2, 0.25) is 0 Å². The fraction of sp³-hybridized carbons (Fsp3) is 0.840. The zero-order valence-corrected chi connectivity index (χ0v) is 19.6. The molecule has 0 amide bonds. The molecule has 0 aromatic heterocycles. The van der Waals surface area contributed by atoms with Crippen molar-refractivity contribution >= 4 is 11.7 Å². The SMILES string of the molecule is C=CC(=NC(=NC)C1CCN(C2CCCCC2)CC1)N1C2CCC1CN(C(C)C)C2. The van der Waals surface area contributed by atoms with Gasteiger partial charge in [-0.1, -0.05) is 25.8 Å². The molecule has 168 valence electrons. The lowest BCUT2D eigenvalue weighted by Gasteiger charge is -2.44. The minimum atomic E-state index is 0.499. The van der Waals surface area contributed by atoms with Crippen LogP contribution in [0.2, 0.25) is 0 Å². The molecule has 3 aliphatic heterocycles. The van der Waals surface area contributed by atoms with Gasteiger partial charge in [0, 0.05) is 50.2 Å². The third-order valence-corrected chi connectivity index (χ3v) is 8.13. The van der Waals surface area contributed by atoms with E-state index in [2.05, 4.69) is 40.1 Å². The van der Waals surface area contributed by atoms with E-state index in [9.17, 15) is 0 Å². The summed E-state index contributed by atoms with van der Waals surface area (Å²) in [6.45, 7) is 13.5. The summed E-state index contributed by atoms with van der Waals surface area (Å²) in [5.74, 6) is 2.62. The highest BCUT2D eigenvalue weighted by molar-refractivity contribution is 6.03. The van der Waals surface area contributed by atoms with Crippen molar-refractivity contribution in [1.29, 1.82) is 0 Å². The number of fused-ring (bicyclic) bond motifs is 2. The third-order valence-electron chi connectivity index (χ3n) is 8.13. The molecule has 4 aliphatic rings. The molecule has 0 aromatic carbocycles. The van der Waals surface area contributed by atoms with Gasteiger partial charge in [0.15, 0.2) is 0 Å². The van der Waals surface area contributed by atoms with Crippen LogP contribution in [0.1, 0.15) is 71.6 Å². The van der Waals surface area contributed by atoms with Gasteiger partial charge < -0.3 is 9.80 Å². The van der Waals surface area contributed by atoms with Crippen molar-refractivity contribution in [3.05, 3.63) is 12.7 Å². The lowest BCUT2D eigenvalue weighted by molar-refractivity contribution is 0.0961. The standard InChI is InChI=1S/C25H43N5/c1-5-24(30-22-11-12-23(30)18-29(17-22)19(2)3)27-25(26-4)20-13-15-28(16-14-20)21-9-7-6-8-10-21/h5,19-23H,1,6-18H2,2-4H3. The van der Waals surface area contributed by atoms with Gasteiger partial charge in [-0.25, -0.2) is 4.99 Å². The van der Waals surface area contributed by atoms with E-state index in [0.717, 1.165) is 30.8 Å². The second-order valence-electron chi connectivity index (χ2n) is 10.2. The largest absolute Gasteiger partial charge is 0.348 e. The Morgan fingerprint density at radius 3 is 2.07 bits per heavy atom. The van der Waals surface area contributed by atoms with E-state index in [0.29, 0.717) is 24.0 Å². The van der Waals surface area contributed by atoms with Crippen molar-refractivity contribution in [3.63, 3.8) is 0 Å². The van der Waals surface area contributed by atoms with E-state index in [1.807, 2.05) is 13.1 Å². The van der Waals surface area contributed by atoms with E-state index >= 15 is 0 Å². The van der Waals surface area contributed by atoms with Crippen molar-refractivity contribution in [2.75, 3.05) is 33.2 Å². The van der Waals surface area contributed by atoms with Crippen LogP contribution in [0.3, 0.4) is 0 Å². The molecule has 1 aliphatic carbocycles. The number of amidine groups is 2. The van der Waals surface area contributed by atoms with Crippen LogP contribution in [0.5, 0.6) is 0 Å². The zero-order valence-electron chi connectivity index (χ0n) is 19.6. The Labute approximate surface area is 184 Å². The zero-order chi connectivity index (χ0) is 21.1. The van der Waals surface area contributed by atoms with Crippen LogP contribution in [-0.2, 0) is 0 Å². The Balaban J connectivity index is 1.40. The van der Waals surface area contributed by atoms with Crippen LogP contribution in [0.15, 0.2) is 22.6 Å². The van der Waals surface area contributed by atoms with Crippen LogP contribution in [-0.4, -0.2) is 83.8 Å². The molecule has 2 atom stereocenters. The summed E-state index contributed by atoms with van der Waals surface area (Å²) in [7, 11) is 1.93. The molecule has 0 radical (unpaired) electrons. The Hall–Kier alpha value is -1.20. The van der Waals surface area contributed by atoms with Gasteiger partial charge in [-0.15, -0.1) is 0 Å². The smallest absolute Gasteiger partial charge is 0.130 e. The summed E-state index contributed by atoms with van der Waals surface area (Å²) in [4.78, 5) is 17.8. The van der Waals surface area contributed by atoms with Gasteiger partial charge in [-0.3, -0.25) is 9.89 Å². The predicted molar refractivity (Wildman–Crippen MR) is 128 cm³/mol. The lowest BCUT2D eigenvalue weighted by Crippen LogP contribution is -2.57. The van der Waals surface area contributed by atoms with E-state index in [1.165, 1.54) is 70.9 Å². The molecule has 2 bridgehead atoms. The second kappa shape index (κ2) is 9.95. The highest BCUT2D eigenvalue weighted by Crippen LogP contribution is 2.32. The van der Waals surface area contributed by atoms with Crippen molar-refractivity contribution in [2.24, 2.45) is 15.9 Å². The van der Waals surface area contributed by atoms with Crippen molar-refractivity contribution in [3.8, 4) is 0 Å². The predicted octanol–water partition coefficient (Wildman–Crippen LogP) is 4.20. The molecule has 0 aromatic rings. The average Bonchev–Trinajstić information content (AvgIpc) is 3.03. The van der Waals surface area contributed by atoms with Gasteiger partial charge in [-0.05, 0) is 71.5 Å². The number of piperazine rings is 1. The van der Waals surface area contributed by atoms with E-state index in [1.54, 1.807) is 0 Å². The first-order chi connectivity index (χ1) is 14.6. The molecular weight excluding hydrogens is 370 g/mol. The summed E-state index contributed by atoms with van der Waals surface area (Å²) in [6.07, 6.45) is 14.0. The van der Waals surface area contributed by atoms with Gasteiger partial charge in [-0.2, -0.15) is 0 Å². The van der Waals surface area contributed by atoms with Gasteiger partial charge >= 0.3 is 0 Å². The van der Waals surface area contributed by atoms with Crippen molar-refractivity contribution in [2.45, 2.75) is 95.8 Å². The summed E-state index contributed by atoms with van der Waals surface area (Å²) >= 11 is 0. The van der Waals surface area contributed by atoms with Crippen LogP contribution in [0.4, 0.5) is 0 Å². The summed E-state index contributed by atoms with van der Waals surface area (Å²) in [6, 6.07) is 2.62. The molecule has 5 nitrogen and oxygen atoms in total. The van der Waals surface area contributed by atoms with Crippen LogP contribution >= 0.6 is 0 Å². The monoisotopic (exact) mass is 413 g/mol. The first-order valence-electron chi connectivity index (χ1n) is 12.5. The molecule has 4 rings (SSSR count). The molecule has 3 saturated heterocycles. The number of hydrogen-bond acceptors (Lipinski definition) is 3. The Kier molecular flexibility index (Phi) is 7.30. The Morgan fingerprint density at radius 2 is 1.53 bits per heavy atom. The molecule has 5 heteroatoms. The third kappa shape index (κ3) is 4.67. The number of likely N-dealkylation sites (tertiary alicyclic amines) is 2.